The summed E-state index contributed by atoms with van der Waals surface area (Å²) >= 11 is 0. The van der Waals surface area contributed by atoms with Crippen molar-refractivity contribution in [3.63, 3.8) is 0 Å². The molecule has 0 unspecified atom stereocenters. The van der Waals surface area contributed by atoms with E-state index in [0.29, 0.717) is 11.6 Å². The van der Waals surface area contributed by atoms with Gasteiger partial charge in [-0.1, -0.05) is 13.8 Å². The molecule has 0 fully saturated rings. The van der Waals surface area contributed by atoms with Gasteiger partial charge >= 0.3 is 0 Å². The minimum atomic E-state index is -3.58. The fourth-order valence-corrected chi connectivity index (χ4v) is 3.56. The van der Waals surface area contributed by atoms with Crippen LogP contribution in [0.15, 0.2) is 35.2 Å². The van der Waals surface area contributed by atoms with E-state index in [9.17, 15) is 17.6 Å². The molecule has 1 aromatic carbocycles. The van der Waals surface area contributed by atoms with Crippen LogP contribution in [0.2, 0.25) is 0 Å². The topological polar surface area (TPSA) is 81.1 Å². The first-order chi connectivity index (χ1) is 11.7. The molecule has 1 amide bonds. The van der Waals surface area contributed by atoms with Crippen LogP contribution in [0, 0.1) is 11.7 Å². The van der Waals surface area contributed by atoms with Crippen molar-refractivity contribution < 1.29 is 17.6 Å². The van der Waals surface area contributed by atoms with Crippen molar-refractivity contribution in [2.75, 3.05) is 12.3 Å². The number of nitrogens with zero attached hydrogens (tertiary/aromatic N) is 2. The van der Waals surface area contributed by atoms with Gasteiger partial charge in [-0.2, -0.15) is 5.10 Å². The van der Waals surface area contributed by atoms with Gasteiger partial charge in [-0.15, -0.1) is 0 Å². The molecule has 0 spiro atoms. The van der Waals surface area contributed by atoms with E-state index >= 15 is 0 Å². The molecular weight excluding hydrogens is 345 g/mol. The molecule has 1 aromatic heterocycles. The first-order valence-electron chi connectivity index (χ1n) is 7.98. The molecule has 25 heavy (non-hydrogen) atoms. The lowest BCUT2D eigenvalue weighted by atomic mass is 10.1. The molecule has 8 heteroatoms. The van der Waals surface area contributed by atoms with Crippen LogP contribution in [-0.2, 0) is 23.3 Å². The monoisotopic (exact) mass is 367 g/mol. The lowest BCUT2D eigenvalue weighted by Gasteiger charge is -2.07. The van der Waals surface area contributed by atoms with Crippen molar-refractivity contribution in [3.05, 3.63) is 47.5 Å². The minimum absolute atomic E-state index is 0.0305. The Balaban J connectivity index is 1.96. The average Bonchev–Trinajstić information content (AvgIpc) is 2.87. The van der Waals surface area contributed by atoms with Crippen molar-refractivity contribution in [1.29, 1.82) is 0 Å². The summed E-state index contributed by atoms with van der Waals surface area (Å²) in [6, 6.07) is 6.33. The maximum atomic E-state index is 12.9. The van der Waals surface area contributed by atoms with E-state index in [1.54, 1.807) is 13.1 Å². The predicted octanol–water partition coefficient (Wildman–Crippen LogP) is 1.96. The number of amides is 1. The van der Waals surface area contributed by atoms with E-state index in [2.05, 4.69) is 24.3 Å². The van der Waals surface area contributed by atoms with E-state index < -0.39 is 15.7 Å². The third-order valence-electron chi connectivity index (χ3n) is 3.61. The highest BCUT2D eigenvalue weighted by Crippen LogP contribution is 2.12. The van der Waals surface area contributed by atoms with Crippen LogP contribution < -0.4 is 5.32 Å². The Bertz CT molecular complexity index is 843. The predicted molar refractivity (Wildman–Crippen MR) is 92.5 cm³/mol. The van der Waals surface area contributed by atoms with E-state index in [1.807, 2.05) is 0 Å². The summed E-state index contributed by atoms with van der Waals surface area (Å²) < 4.78 is 38.7. The number of hydrogen-bond donors (Lipinski definition) is 1. The largest absolute Gasteiger partial charge is 0.350 e. The van der Waals surface area contributed by atoms with Crippen LogP contribution in [0.4, 0.5) is 4.39 Å². The van der Waals surface area contributed by atoms with Gasteiger partial charge in [-0.05, 0) is 42.7 Å². The fraction of sp³-hybridized carbons (Fsp3) is 0.412. The number of halogens is 1. The van der Waals surface area contributed by atoms with Crippen molar-refractivity contribution in [3.8, 4) is 0 Å². The summed E-state index contributed by atoms with van der Waals surface area (Å²) in [4.78, 5) is 12.2. The Morgan fingerprint density at radius 3 is 2.52 bits per heavy atom. The second-order valence-electron chi connectivity index (χ2n) is 6.27. The Morgan fingerprint density at radius 2 is 1.92 bits per heavy atom. The number of rotatable bonds is 7. The van der Waals surface area contributed by atoms with E-state index in [1.165, 1.54) is 16.8 Å². The molecule has 0 saturated heterocycles. The lowest BCUT2D eigenvalue weighted by molar-refractivity contribution is 0.0946. The average molecular weight is 367 g/mol. The zero-order valence-corrected chi connectivity index (χ0v) is 15.3. The maximum absolute atomic E-state index is 12.9. The molecular formula is C17H22FN3O3S. The molecule has 1 heterocycles. The maximum Gasteiger partial charge on any atom is 0.269 e. The Morgan fingerprint density at radius 1 is 1.28 bits per heavy atom. The number of benzene rings is 1. The standard InChI is InChI=1S/C17H22FN3O3S/c1-12(2)10-14-11-16(21(3)20-14)17(22)19-8-9-25(23,24)15-6-4-13(18)5-7-15/h4-7,11-12H,8-10H2,1-3H3,(H,19,22). The zero-order valence-electron chi connectivity index (χ0n) is 14.5. The van der Waals surface area contributed by atoms with Crippen LogP contribution in [0.5, 0.6) is 0 Å². The van der Waals surface area contributed by atoms with Gasteiger partial charge in [0, 0.05) is 13.6 Å². The van der Waals surface area contributed by atoms with Crippen molar-refractivity contribution >= 4 is 15.7 Å². The molecule has 0 aliphatic carbocycles. The van der Waals surface area contributed by atoms with E-state index in [0.717, 1.165) is 24.2 Å². The van der Waals surface area contributed by atoms with Gasteiger partial charge < -0.3 is 5.32 Å². The second kappa shape index (κ2) is 7.77. The smallest absolute Gasteiger partial charge is 0.269 e. The molecule has 0 atom stereocenters. The lowest BCUT2D eigenvalue weighted by Crippen LogP contribution is -2.30. The summed E-state index contributed by atoms with van der Waals surface area (Å²) in [6.45, 7) is 4.09. The van der Waals surface area contributed by atoms with Gasteiger partial charge in [0.15, 0.2) is 9.84 Å². The van der Waals surface area contributed by atoms with E-state index in [4.69, 9.17) is 0 Å². The highest BCUT2D eigenvalue weighted by Gasteiger charge is 2.17. The molecule has 6 nitrogen and oxygen atoms in total. The quantitative estimate of drug-likeness (QED) is 0.759. The fourth-order valence-electron chi connectivity index (χ4n) is 2.41. The summed E-state index contributed by atoms with van der Waals surface area (Å²) in [5.74, 6) is -0.715. The first-order valence-corrected chi connectivity index (χ1v) is 9.63. The number of nitrogens with one attached hydrogen (secondary N) is 1. The molecule has 0 saturated carbocycles. The summed E-state index contributed by atoms with van der Waals surface area (Å²) in [5, 5.41) is 6.88. The number of aryl methyl sites for hydroxylation is 1. The van der Waals surface area contributed by atoms with Gasteiger partial charge in [0.1, 0.15) is 11.5 Å². The van der Waals surface area contributed by atoms with Gasteiger partial charge in [-0.3, -0.25) is 9.48 Å². The molecule has 0 radical (unpaired) electrons. The van der Waals surface area contributed by atoms with Crippen LogP contribution in [0.3, 0.4) is 0 Å². The van der Waals surface area contributed by atoms with Crippen molar-refractivity contribution in [1.82, 2.24) is 15.1 Å². The number of sulfone groups is 1. The third kappa shape index (κ3) is 5.12. The van der Waals surface area contributed by atoms with Crippen LogP contribution in [0.1, 0.15) is 30.0 Å². The van der Waals surface area contributed by atoms with Gasteiger partial charge in [0.25, 0.3) is 5.91 Å². The number of carbonyl (C=O) groups is 1. The minimum Gasteiger partial charge on any atom is -0.350 e. The molecule has 0 aliphatic heterocycles. The van der Waals surface area contributed by atoms with Crippen molar-refractivity contribution in [2.45, 2.75) is 25.2 Å². The molecule has 2 aromatic rings. The van der Waals surface area contributed by atoms with Crippen LogP contribution >= 0.6 is 0 Å². The number of aromatic nitrogens is 2. The molecule has 136 valence electrons. The summed E-state index contributed by atoms with van der Waals surface area (Å²) in [7, 11) is -1.90. The zero-order chi connectivity index (χ0) is 18.6. The molecule has 0 bridgehead atoms. The van der Waals surface area contributed by atoms with Gasteiger partial charge in [-0.25, -0.2) is 12.8 Å². The first kappa shape index (κ1) is 19.1. The number of carbonyl (C=O) groups excluding carboxylic acids is 1. The second-order valence-corrected chi connectivity index (χ2v) is 8.38. The molecule has 0 aliphatic rings. The van der Waals surface area contributed by atoms with Crippen LogP contribution in [0.25, 0.3) is 0 Å². The van der Waals surface area contributed by atoms with Crippen molar-refractivity contribution in [2.24, 2.45) is 13.0 Å². The summed E-state index contributed by atoms with van der Waals surface area (Å²) in [6.07, 6.45) is 0.764. The van der Waals surface area contributed by atoms with Gasteiger partial charge in [0.05, 0.1) is 16.3 Å². The van der Waals surface area contributed by atoms with Gasteiger partial charge in [0.2, 0.25) is 0 Å². The highest BCUT2D eigenvalue weighted by molar-refractivity contribution is 7.91. The molecule has 2 rings (SSSR count). The molecule has 1 N–H and O–H groups in total. The normalized spacial score (nSPS) is 11.7. The number of hydrogen-bond acceptors (Lipinski definition) is 4. The highest BCUT2D eigenvalue weighted by atomic mass is 32.2. The van der Waals surface area contributed by atoms with E-state index in [-0.39, 0.29) is 23.1 Å². The third-order valence-corrected chi connectivity index (χ3v) is 5.34. The summed E-state index contributed by atoms with van der Waals surface area (Å²) in [5.41, 5.74) is 1.21. The Hall–Kier alpha value is -2.22. The Kier molecular flexibility index (Phi) is 5.94. The van der Waals surface area contributed by atoms with Crippen LogP contribution in [-0.4, -0.2) is 36.4 Å². The SMILES string of the molecule is CC(C)Cc1cc(C(=O)NCCS(=O)(=O)c2ccc(F)cc2)n(C)n1. The Labute approximate surface area is 147 Å².